The summed E-state index contributed by atoms with van der Waals surface area (Å²) < 4.78 is 44.5. The van der Waals surface area contributed by atoms with Crippen LogP contribution in [0.4, 0.5) is 24.5 Å². The van der Waals surface area contributed by atoms with Crippen molar-refractivity contribution >= 4 is 33.2 Å². The summed E-state index contributed by atoms with van der Waals surface area (Å²) in [6, 6.07) is 3.66. The van der Waals surface area contributed by atoms with Crippen molar-refractivity contribution in [1.82, 2.24) is 9.78 Å². The molecular formula is C15H14BrF3N4O4. The summed E-state index contributed by atoms with van der Waals surface area (Å²) in [6.45, 7) is 1.37. The van der Waals surface area contributed by atoms with Crippen molar-refractivity contribution in [2.45, 2.75) is 26.1 Å². The predicted octanol–water partition coefficient (Wildman–Crippen LogP) is 3.92. The fourth-order valence-electron chi connectivity index (χ4n) is 2.24. The van der Waals surface area contributed by atoms with Crippen LogP contribution in [0.25, 0.3) is 0 Å². The van der Waals surface area contributed by atoms with Gasteiger partial charge in [-0.25, -0.2) is 0 Å². The Bertz CT molecular complexity index is 883. The van der Waals surface area contributed by atoms with Gasteiger partial charge in [0, 0.05) is 12.5 Å². The van der Waals surface area contributed by atoms with E-state index in [1.165, 1.54) is 26.2 Å². The van der Waals surface area contributed by atoms with Crippen LogP contribution in [-0.4, -0.2) is 27.7 Å². The molecule has 1 aromatic carbocycles. The molecule has 0 unspecified atom stereocenters. The summed E-state index contributed by atoms with van der Waals surface area (Å²) in [5.41, 5.74) is -0.815. The van der Waals surface area contributed by atoms with Gasteiger partial charge in [0.05, 0.1) is 40.5 Å². The number of nitro groups is 1. The largest absolute Gasteiger partial charge is 0.494 e. The molecule has 1 aromatic heterocycles. The third-order valence-corrected chi connectivity index (χ3v) is 4.57. The topological polar surface area (TPSA) is 99.3 Å². The monoisotopic (exact) mass is 450 g/mol. The van der Waals surface area contributed by atoms with Gasteiger partial charge in [0.2, 0.25) is 5.91 Å². The minimum atomic E-state index is -4.61. The van der Waals surface area contributed by atoms with Crippen molar-refractivity contribution in [3.8, 4) is 5.75 Å². The molecule has 1 N–H and O–H groups in total. The molecule has 0 atom stereocenters. The molecule has 12 heteroatoms. The predicted molar refractivity (Wildman–Crippen MR) is 92.6 cm³/mol. The molecule has 8 nitrogen and oxygen atoms in total. The van der Waals surface area contributed by atoms with E-state index in [0.717, 1.165) is 10.7 Å². The minimum Gasteiger partial charge on any atom is -0.494 e. The normalized spacial score (nSPS) is 11.3. The molecule has 0 aliphatic heterocycles. The molecule has 2 rings (SSSR count). The maximum Gasteiger partial charge on any atom is 0.436 e. The lowest BCUT2D eigenvalue weighted by Crippen LogP contribution is -2.16. The second-order valence-electron chi connectivity index (χ2n) is 5.41. The van der Waals surface area contributed by atoms with Gasteiger partial charge in [-0.1, -0.05) is 0 Å². The van der Waals surface area contributed by atoms with Crippen LogP contribution in [0.3, 0.4) is 0 Å². The second kappa shape index (κ2) is 7.94. The molecule has 2 aromatic rings. The van der Waals surface area contributed by atoms with Crippen molar-refractivity contribution in [2.24, 2.45) is 0 Å². The summed E-state index contributed by atoms with van der Waals surface area (Å²) in [4.78, 5) is 22.3. The highest BCUT2D eigenvalue weighted by molar-refractivity contribution is 9.10. The van der Waals surface area contributed by atoms with Gasteiger partial charge in [0.25, 0.3) is 5.69 Å². The second-order valence-corrected chi connectivity index (χ2v) is 6.20. The molecular weight excluding hydrogens is 437 g/mol. The maximum atomic E-state index is 12.9. The van der Waals surface area contributed by atoms with Crippen molar-refractivity contribution in [1.29, 1.82) is 0 Å². The number of anilines is 1. The highest BCUT2D eigenvalue weighted by Crippen LogP contribution is 2.35. The fraction of sp³-hybridized carbons (Fsp3) is 0.333. The average molecular weight is 451 g/mol. The van der Waals surface area contributed by atoms with Gasteiger partial charge in [-0.3, -0.25) is 19.6 Å². The van der Waals surface area contributed by atoms with E-state index in [0.29, 0.717) is 0 Å². The van der Waals surface area contributed by atoms with Crippen LogP contribution in [0.15, 0.2) is 22.7 Å². The molecule has 0 radical (unpaired) electrons. The van der Waals surface area contributed by atoms with Gasteiger partial charge in [0.15, 0.2) is 5.69 Å². The minimum absolute atomic E-state index is 0.0817. The number of rotatable bonds is 6. The number of methoxy groups -OCH3 is 1. The van der Waals surface area contributed by atoms with Crippen LogP contribution in [0.5, 0.6) is 5.75 Å². The van der Waals surface area contributed by atoms with E-state index < -0.39 is 22.7 Å². The van der Waals surface area contributed by atoms with Crippen LogP contribution in [-0.2, 0) is 17.5 Å². The molecule has 0 spiro atoms. The number of nitrogens with one attached hydrogen (secondary N) is 1. The van der Waals surface area contributed by atoms with Gasteiger partial charge in [0.1, 0.15) is 5.75 Å². The molecule has 0 fully saturated rings. The van der Waals surface area contributed by atoms with Gasteiger partial charge in [-0.15, -0.1) is 0 Å². The average Bonchev–Trinajstić information content (AvgIpc) is 2.88. The number of carbonyl (C=O) groups is 1. The number of nitrogens with zero attached hydrogens (tertiary/aromatic N) is 3. The molecule has 0 saturated heterocycles. The Labute approximate surface area is 159 Å². The van der Waals surface area contributed by atoms with Gasteiger partial charge in [-0.2, -0.15) is 18.3 Å². The van der Waals surface area contributed by atoms with Gasteiger partial charge >= 0.3 is 6.18 Å². The van der Waals surface area contributed by atoms with Crippen molar-refractivity contribution in [2.75, 3.05) is 12.4 Å². The number of aromatic nitrogens is 2. The van der Waals surface area contributed by atoms with Crippen LogP contribution < -0.4 is 10.1 Å². The SMILES string of the molecule is COc1cc([N+](=O)[O-])ccc1NC(=O)CCn1nc(C(F)(F)F)c(Br)c1C. The lowest BCUT2D eigenvalue weighted by Gasteiger charge is -2.10. The number of ether oxygens (including phenoxy) is 1. The van der Waals surface area contributed by atoms with E-state index in [2.05, 4.69) is 26.3 Å². The Hall–Kier alpha value is -2.63. The number of hydrogen-bond donors (Lipinski definition) is 1. The zero-order valence-corrected chi connectivity index (χ0v) is 15.7. The molecule has 146 valence electrons. The third-order valence-electron chi connectivity index (χ3n) is 3.62. The fourth-order valence-corrected chi connectivity index (χ4v) is 2.75. The standard InChI is InChI=1S/C15H14BrF3N4O4/c1-8-13(16)14(15(17,18)19)21-22(8)6-5-12(24)20-10-4-3-9(23(25)26)7-11(10)27-2/h3-4,7H,5-6H2,1-2H3,(H,20,24). The quantitative estimate of drug-likeness (QED) is 0.530. The number of non-ortho nitro benzene ring substituents is 1. The first-order chi connectivity index (χ1) is 12.5. The molecule has 0 aliphatic rings. The lowest BCUT2D eigenvalue weighted by molar-refractivity contribution is -0.384. The highest BCUT2D eigenvalue weighted by Gasteiger charge is 2.37. The first-order valence-electron chi connectivity index (χ1n) is 7.47. The van der Waals surface area contributed by atoms with Crippen LogP contribution in [0, 0.1) is 17.0 Å². The molecule has 0 saturated carbocycles. The summed E-state index contributed by atoms with van der Waals surface area (Å²) in [7, 11) is 1.29. The number of amides is 1. The number of carbonyl (C=O) groups excluding carboxylic acids is 1. The van der Waals surface area contributed by atoms with Crippen molar-refractivity contribution < 1.29 is 27.6 Å². The van der Waals surface area contributed by atoms with Gasteiger partial charge < -0.3 is 10.1 Å². The molecule has 27 heavy (non-hydrogen) atoms. The molecule has 0 aliphatic carbocycles. The summed E-state index contributed by atoms with van der Waals surface area (Å²) in [6.07, 6.45) is -4.77. The Morgan fingerprint density at radius 2 is 2.11 bits per heavy atom. The molecule has 0 bridgehead atoms. The maximum absolute atomic E-state index is 12.9. The Kier molecular flexibility index (Phi) is 6.08. The number of hydrogen-bond acceptors (Lipinski definition) is 5. The third kappa shape index (κ3) is 4.76. The number of benzene rings is 1. The van der Waals surface area contributed by atoms with E-state index >= 15 is 0 Å². The van der Waals surface area contributed by atoms with Crippen LogP contribution in [0.2, 0.25) is 0 Å². The first kappa shape index (κ1) is 20.7. The van der Waals surface area contributed by atoms with Crippen molar-refractivity contribution in [3.05, 3.63) is 44.2 Å². The highest BCUT2D eigenvalue weighted by atomic mass is 79.9. The van der Waals surface area contributed by atoms with E-state index in [9.17, 15) is 28.1 Å². The number of alkyl halides is 3. The van der Waals surface area contributed by atoms with E-state index in [-0.39, 0.29) is 40.3 Å². The number of halogens is 4. The number of nitro benzene ring substituents is 1. The van der Waals surface area contributed by atoms with E-state index in [4.69, 9.17) is 4.74 Å². The van der Waals surface area contributed by atoms with Crippen LogP contribution in [0.1, 0.15) is 17.8 Å². The van der Waals surface area contributed by atoms with Crippen molar-refractivity contribution in [3.63, 3.8) is 0 Å². The smallest absolute Gasteiger partial charge is 0.436 e. The van der Waals surface area contributed by atoms with E-state index in [1.54, 1.807) is 0 Å². The Morgan fingerprint density at radius 3 is 2.63 bits per heavy atom. The van der Waals surface area contributed by atoms with E-state index in [1.807, 2.05) is 0 Å². The summed E-state index contributed by atoms with van der Waals surface area (Å²) in [5, 5.41) is 16.8. The zero-order chi connectivity index (χ0) is 20.4. The Balaban J connectivity index is 2.08. The summed E-state index contributed by atoms with van der Waals surface area (Å²) in [5.74, 6) is -0.420. The molecule has 1 heterocycles. The molecule has 1 amide bonds. The van der Waals surface area contributed by atoms with Crippen LogP contribution >= 0.6 is 15.9 Å². The lowest BCUT2D eigenvalue weighted by atomic mass is 10.2. The Morgan fingerprint density at radius 1 is 1.44 bits per heavy atom. The zero-order valence-electron chi connectivity index (χ0n) is 14.1. The van der Waals surface area contributed by atoms with Gasteiger partial charge in [-0.05, 0) is 28.9 Å². The summed E-state index contributed by atoms with van der Waals surface area (Å²) >= 11 is 2.86. The first-order valence-corrected chi connectivity index (χ1v) is 8.26. The number of aryl methyl sites for hydroxylation is 1.